The number of fused-ring (bicyclic) bond motifs is 1. The van der Waals surface area contributed by atoms with E-state index < -0.39 is 0 Å². The normalized spacial score (nSPS) is 15.0. The van der Waals surface area contributed by atoms with Crippen molar-refractivity contribution < 1.29 is 9.53 Å². The van der Waals surface area contributed by atoms with Crippen LogP contribution in [0.5, 0.6) is 5.75 Å². The Bertz CT molecular complexity index is 595. The smallest absolute Gasteiger partial charge is 0.372 e. The van der Waals surface area contributed by atoms with Crippen LogP contribution in [0.15, 0.2) is 30.3 Å². The zero-order chi connectivity index (χ0) is 13.2. The highest BCUT2D eigenvalue weighted by atomic mass is 32.1. The monoisotopic (exact) mass is 274 g/mol. The molecule has 3 rings (SSSR count). The summed E-state index contributed by atoms with van der Waals surface area (Å²) in [7, 11) is 2.07. The predicted molar refractivity (Wildman–Crippen MR) is 73.6 cm³/mol. The summed E-state index contributed by atoms with van der Waals surface area (Å²) in [5, 5.41) is 0.448. The van der Waals surface area contributed by atoms with Crippen LogP contribution < -0.4 is 4.74 Å². The number of thiazole rings is 1. The molecule has 0 aliphatic carbocycles. The van der Waals surface area contributed by atoms with Crippen LogP contribution in [-0.2, 0) is 13.0 Å². The summed E-state index contributed by atoms with van der Waals surface area (Å²) in [4.78, 5) is 19.8. The van der Waals surface area contributed by atoms with Crippen LogP contribution in [0.4, 0.5) is 0 Å². The van der Waals surface area contributed by atoms with E-state index in [4.69, 9.17) is 4.74 Å². The molecule has 0 saturated carbocycles. The minimum absolute atomic E-state index is 0.367. The molecule has 0 unspecified atom stereocenters. The fourth-order valence-electron chi connectivity index (χ4n) is 2.05. The number of ether oxygens (including phenoxy) is 1. The van der Waals surface area contributed by atoms with E-state index in [0.29, 0.717) is 10.8 Å². The van der Waals surface area contributed by atoms with Gasteiger partial charge in [-0.05, 0) is 19.2 Å². The Morgan fingerprint density at radius 1 is 1.37 bits per heavy atom. The molecule has 1 aliphatic heterocycles. The lowest BCUT2D eigenvalue weighted by molar-refractivity contribution is 0.0734. The lowest BCUT2D eigenvalue weighted by Gasteiger charge is -2.20. The zero-order valence-electron chi connectivity index (χ0n) is 10.6. The first-order valence-electron chi connectivity index (χ1n) is 6.17. The van der Waals surface area contributed by atoms with Gasteiger partial charge in [0.15, 0.2) is 0 Å². The Balaban J connectivity index is 1.78. The van der Waals surface area contributed by atoms with Crippen LogP contribution in [0.3, 0.4) is 0 Å². The second kappa shape index (κ2) is 5.11. The highest BCUT2D eigenvalue weighted by Crippen LogP contribution is 2.25. The van der Waals surface area contributed by atoms with Gasteiger partial charge in [0.05, 0.1) is 5.69 Å². The number of aromatic nitrogens is 1. The molecule has 0 atom stereocenters. The van der Waals surface area contributed by atoms with E-state index in [1.54, 1.807) is 12.1 Å². The van der Waals surface area contributed by atoms with E-state index in [1.165, 1.54) is 16.2 Å². The summed E-state index contributed by atoms with van der Waals surface area (Å²) in [6, 6.07) is 9.09. The van der Waals surface area contributed by atoms with Gasteiger partial charge in [0.25, 0.3) is 0 Å². The molecule has 1 aliphatic rings. The van der Waals surface area contributed by atoms with Gasteiger partial charge in [-0.25, -0.2) is 9.78 Å². The van der Waals surface area contributed by atoms with Gasteiger partial charge in [0.1, 0.15) is 5.75 Å². The van der Waals surface area contributed by atoms with Crippen molar-refractivity contribution in [1.82, 2.24) is 9.88 Å². The van der Waals surface area contributed by atoms with Crippen molar-refractivity contribution in [2.45, 2.75) is 13.0 Å². The van der Waals surface area contributed by atoms with Crippen LogP contribution in [0.1, 0.15) is 20.4 Å². The van der Waals surface area contributed by atoms with Gasteiger partial charge in [-0.1, -0.05) is 18.2 Å². The topological polar surface area (TPSA) is 42.4 Å². The highest BCUT2D eigenvalue weighted by molar-refractivity contribution is 7.13. The van der Waals surface area contributed by atoms with Gasteiger partial charge in [-0.15, -0.1) is 11.3 Å². The Hall–Kier alpha value is -1.72. The highest BCUT2D eigenvalue weighted by Gasteiger charge is 2.22. The molecule has 2 heterocycles. The van der Waals surface area contributed by atoms with Crippen molar-refractivity contribution in [2.75, 3.05) is 13.6 Å². The number of carbonyl (C=O) groups excluding carboxylic acids is 1. The van der Waals surface area contributed by atoms with Crippen molar-refractivity contribution in [1.29, 1.82) is 0 Å². The molecule has 0 amide bonds. The average molecular weight is 274 g/mol. The average Bonchev–Trinajstić information content (AvgIpc) is 2.83. The third kappa shape index (κ3) is 2.67. The molecule has 1 aromatic carbocycles. The molecular formula is C14H14N2O2S. The Kier molecular flexibility index (Phi) is 3.31. The molecule has 5 heteroatoms. The Morgan fingerprint density at radius 3 is 2.95 bits per heavy atom. The number of rotatable bonds is 2. The van der Waals surface area contributed by atoms with Crippen LogP contribution in [0.25, 0.3) is 0 Å². The molecule has 0 radical (unpaired) electrons. The summed E-state index contributed by atoms with van der Waals surface area (Å²) >= 11 is 1.44. The number of para-hydroxylation sites is 1. The standard InChI is InChI=1S/C14H14N2O2S/c1-16-8-7-11-12(9-16)19-13(15-11)14(17)18-10-5-3-2-4-6-10/h2-6H,7-9H2,1H3. The maximum atomic E-state index is 12.0. The largest absolute Gasteiger partial charge is 0.421 e. The zero-order valence-corrected chi connectivity index (χ0v) is 11.4. The molecule has 0 N–H and O–H groups in total. The number of hydrogen-bond donors (Lipinski definition) is 0. The third-order valence-electron chi connectivity index (χ3n) is 3.05. The lowest BCUT2D eigenvalue weighted by Crippen LogP contribution is -2.25. The van der Waals surface area contributed by atoms with Crippen molar-refractivity contribution in [3.63, 3.8) is 0 Å². The molecule has 1 aromatic heterocycles. The molecule has 0 bridgehead atoms. The van der Waals surface area contributed by atoms with Crippen LogP contribution >= 0.6 is 11.3 Å². The first kappa shape index (κ1) is 12.3. The van der Waals surface area contributed by atoms with Gasteiger partial charge >= 0.3 is 5.97 Å². The van der Waals surface area contributed by atoms with Crippen molar-refractivity contribution in [3.05, 3.63) is 45.9 Å². The maximum absolute atomic E-state index is 12.0. The molecular weight excluding hydrogens is 260 g/mol. The molecule has 98 valence electrons. The number of esters is 1. The van der Waals surface area contributed by atoms with E-state index in [1.807, 2.05) is 18.2 Å². The first-order valence-corrected chi connectivity index (χ1v) is 6.98. The number of nitrogens with zero attached hydrogens (tertiary/aromatic N) is 2. The first-order chi connectivity index (χ1) is 9.22. The summed E-state index contributed by atoms with van der Waals surface area (Å²) in [5.74, 6) is 0.186. The Morgan fingerprint density at radius 2 is 2.16 bits per heavy atom. The van der Waals surface area contributed by atoms with Crippen LogP contribution in [0.2, 0.25) is 0 Å². The fraction of sp³-hybridized carbons (Fsp3) is 0.286. The van der Waals surface area contributed by atoms with Crippen molar-refractivity contribution >= 4 is 17.3 Å². The number of carbonyl (C=O) groups is 1. The maximum Gasteiger partial charge on any atom is 0.372 e. The number of hydrogen-bond acceptors (Lipinski definition) is 5. The lowest BCUT2D eigenvalue weighted by atomic mass is 10.2. The van der Waals surface area contributed by atoms with Gasteiger partial charge in [-0.2, -0.15) is 0 Å². The van der Waals surface area contributed by atoms with Gasteiger partial charge in [-0.3, -0.25) is 0 Å². The van der Waals surface area contributed by atoms with Crippen molar-refractivity contribution in [2.24, 2.45) is 0 Å². The molecule has 19 heavy (non-hydrogen) atoms. The van der Waals surface area contributed by atoms with E-state index in [-0.39, 0.29) is 5.97 Å². The third-order valence-corrected chi connectivity index (χ3v) is 4.11. The van der Waals surface area contributed by atoms with E-state index in [9.17, 15) is 4.79 Å². The predicted octanol–water partition coefficient (Wildman–Crippen LogP) is 2.35. The number of likely N-dealkylation sites (N-methyl/N-ethyl adjacent to an activating group) is 1. The SMILES string of the molecule is CN1CCc2nc(C(=O)Oc3ccccc3)sc2C1. The minimum Gasteiger partial charge on any atom is -0.421 e. The fourth-order valence-corrected chi connectivity index (χ4v) is 3.11. The van der Waals surface area contributed by atoms with Crippen LogP contribution in [-0.4, -0.2) is 29.4 Å². The summed E-state index contributed by atoms with van der Waals surface area (Å²) < 4.78 is 5.30. The molecule has 0 fully saturated rings. The molecule has 4 nitrogen and oxygen atoms in total. The second-order valence-corrected chi connectivity index (χ2v) is 5.66. The van der Waals surface area contributed by atoms with Crippen molar-refractivity contribution in [3.8, 4) is 5.75 Å². The van der Waals surface area contributed by atoms with Gasteiger partial charge < -0.3 is 9.64 Å². The summed E-state index contributed by atoms with van der Waals surface area (Å²) in [6.07, 6.45) is 0.904. The van der Waals surface area contributed by atoms with E-state index in [0.717, 1.165) is 25.2 Å². The molecule has 2 aromatic rings. The summed E-state index contributed by atoms with van der Waals surface area (Å²) in [5.41, 5.74) is 1.04. The minimum atomic E-state index is -0.367. The second-order valence-electron chi connectivity index (χ2n) is 4.58. The summed E-state index contributed by atoms with van der Waals surface area (Å²) in [6.45, 7) is 1.86. The Labute approximate surface area is 115 Å². The van der Waals surface area contributed by atoms with Gasteiger partial charge in [0.2, 0.25) is 5.01 Å². The molecule has 0 spiro atoms. The van der Waals surface area contributed by atoms with Crippen LogP contribution in [0, 0.1) is 0 Å². The van der Waals surface area contributed by atoms with Gasteiger partial charge in [0, 0.05) is 24.4 Å². The quantitative estimate of drug-likeness (QED) is 0.623. The molecule has 0 saturated heterocycles. The van der Waals surface area contributed by atoms with E-state index >= 15 is 0 Å². The number of benzene rings is 1. The van der Waals surface area contributed by atoms with E-state index in [2.05, 4.69) is 16.9 Å².